The first-order valence-electron chi connectivity index (χ1n) is 11.6. The molecule has 0 radical (unpaired) electrons. The fourth-order valence-electron chi connectivity index (χ4n) is 4.47. The fraction of sp³-hybridized carbons (Fsp3) is 0.520. The van der Waals surface area contributed by atoms with Crippen molar-refractivity contribution < 1.29 is 14.3 Å². The van der Waals surface area contributed by atoms with Gasteiger partial charge in [-0.2, -0.15) is 5.26 Å². The smallest absolute Gasteiger partial charge is 0.226 e. The molecule has 1 amide bonds. The molecule has 6 nitrogen and oxygen atoms in total. The Morgan fingerprint density at radius 3 is 2.72 bits per heavy atom. The molecule has 1 aliphatic heterocycles. The third-order valence-corrected chi connectivity index (χ3v) is 7.38. The Hall–Kier alpha value is -2.56. The van der Waals surface area contributed by atoms with Crippen molar-refractivity contribution >= 4 is 22.2 Å². The quantitative estimate of drug-likeness (QED) is 0.623. The maximum atomic E-state index is 12.6. The largest absolute Gasteiger partial charge is 0.490 e. The van der Waals surface area contributed by atoms with Gasteiger partial charge in [0.05, 0.1) is 12.2 Å². The highest BCUT2D eigenvalue weighted by atomic mass is 32.1. The molecule has 1 aromatic heterocycles. The summed E-state index contributed by atoms with van der Waals surface area (Å²) in [5.41, 5.74) is 1.84. The molecule has 0 saturated carbocycles. The molecular formula is C25H31N3O3S. The summed E-state index contributed by atoms with van der Waals surface area (Å²) >= 11 is 1.59. The van der Waals surface area contributed by atoms with E-state index in [0.29, 0.717) is 18.6 Å². The van der Waals surface area contributed by atoms with Crippen LogP contribution in [-0.4, -0.2) is 43.2 Å². The summed E-state index contributed by atoms with van der Waals surface area (Å²) in [4.78, 5) is 16.2. The van der Waals surface area contributed by atoms with E-state index in [9.17, 15) is 10.1 Å². The first-order valence-corrected chi connectivity index (χ1v) is 12.4. The summed E-state index contributed by atoms with van der Waals surface area (Å²) in [6, 6.07) is 10.1. The lowest BCUT2D eigenvalue weighted by atomic mass is 9.96. The number of aryl methyl sites for hydroxylation is 1. The van der Waals surface area contributed by atoms with E-state index in [2.05, 4.69) is 16.3 Å². The van der Waals surface area contributed by atoms with E-state index in [1.54, 1.807) is 11.3 Å². The molecule has 2 aromatic rings. The van der Waals surface area contributed by atoms with Crippen molar-refractivity contribution in [2.45, 2.75) is 58.0 Å². The number of anilines is 1. The van der Waals surface area contributed by atoms with Crippen molar-refractivity contribution in [1.29, 1.82) is 5.26 Å². The third-order valence-electron chi connectivity index (χ3n) is 6.17. The topological polar surface area (TPSA) is 74.6 Å². The Kier molecular flexibility index (Phi) is 7.67. The molecule has 0 spiro atoms. The predicted molar refractivity (Wildman–Crippen MR) is 127 cm³/mol. The van der Waals surface area contributed by atoms with Crippen LogP contribution in [0.15, 0.2) is 24.3 Å². The number of nitriles is 1. The van der Waals surface area contributed by atoms with Gasteiger partial charge in [-0.1, -0.05) is 12.1 Å². The van der Waals surface area contributed by atoms with Crippen LogP contribution in [0.25, 0.3) is 0 Å². The average Bonchev–Trinajstić information content (AvgIpc) is 3.17. The van der Waals surface area contributed by atoms with Gasteiger partial charge in [0, 0.05) is 30.9 Å². The van der Waals surface area contributed by atoms with Crippen molar-refractivity contribution in [3.8, 4) is 17.6 Å². The second-order valence-electron chi connectivity index (χ2n) is 8.36. The van der Waals surface area contributed by atoms with Crippen LogP contribution in [0, 0.1) is 11.3 Å². The number of carbonyl (C=O) groups excluding carboxylic acids is 1. The van der Waals surface area contributed by atoms with Crippen LogP contribution in [0.4, 0.5) is 5.00 Å². The second kappa shape index (κ2) is 10.8. The number of nitrogens with one attached hydrogen (secondary N) is 1. The predicted octanol–water partition coefficient (Wildman–Crippen LogP) is 4.77. The van der Waals surface area contributed by atoms with Gasteiger partial charge in [0.25, 0.3) is 0 Å². The van der Waals surface area contributed by atoms with Gasteiger partial charge in [-0.3, -0.25) is 4.79 Å². The summed E-state index contributed by atoms with van der Waals surface area (Å²) < 4.78 is 11.9. The van der Waals surface area contributed by atoms with E-state index in [0.717, 1.165) is 73.8 Å². The van der Waals surface area contributed by atoms with E-state index < -0.39 is 0 Å². The highest BCUT2D eigenvalue weighted by molar-refractivity contribution is 7.16. The van der Waals surface area contributed by atoms with Crippen LogP contribution in [0.2, 0.25) is 0 Å². The first kappa shape index (κ1) is 22.6. The van der Waals surface area contributed by atoms with Crippen LogP contribution < -0.4 is 14.8 Å². The summed E-state index contributed by atoms with van der Waals surface area (Å²) in [5, 5.41) is 13.3. The van der Waals surface area contributed by atoms with E-state index >= 15 is 0 Å². The number of hydrogen-bond acceptors (Lipinski definition) is 6. The summed E-state index contributed by atoms with van der Waals surface area (Å²) in [6.45, 7) is 5.13. The highest BCUT2D eigenvalue weighted by Crippen LogP contribution is 2.37. The molecule has 0 atom stereocenters. The van der Waals surface area contributed by atoms with Crippen LogP contribution in [0.1, 0.15) is 55.0 Å². The van der Waals surface area contributed by atoms with Crippen LogP contribution in [-0.2, 0) is 17.6 Å². The average molecular weight is 454 g/mol. The lowest BCUT2D eigenvalue weighted by Gasteiger charge is -2.32. The van der Waals surface area contributed by atoms with E-state index in [1.165, 1.54) is 11.3 Å². The highest BCUT2D eigenvalue weighted by Gasteiger charge is 2.24. The molecule has 170 valence electrons. The SMILES string of the molecule is CCOc1ccccc1OC1CCN(CCC(=O)Nc2sc3c(c2C#N)CCCC3)CC1. The van der Waals surface area contributed by atoms with Crippen molar-refractivity contribution in [3.63, 3.8) is 0 Å². The van der Waals surface area contributed by atoms with Gasteiger partial charge in [0.2, 0.25) is 5.91 Å². The normalized spacial score (nSPS) is 16.8. The molecule has 4 rings (SSSR count). The summed E-state index contributed by atoms with van der Waals surface area (Å²) in [7, 11) is 0. The molecule has 2 heterocycles. The lowest BCUT2D eigenvalue weighted by Crippen LogP contribution is -2.39. The van der Waals surface area contributed by atoms with Gasteiger partial charge in [0.1, 0.15) is 17.2 Å². The van der Waals surface area contributed by atoms with Gasteiger partial charge < -0.3 is 19.7 Å². The molecular weight excluding hydrogens is 422 g/mol. The zero-order valence-corrected chi connectivity index (χ0v) is 19.5. The number of rotatable bonds is 8. The fourth-order valence-corrected chi connectivity index (χ4v) is 5.73. The number of fused-ring (bicyclic) bond motifs is 1. The van der Waals surface area contributed by atoms with Crippen molar-refractivity contribution in [3.05, 3.63) is 40.3 Å². The lowest BCUT2D eigenvalue weighted by molar-refractivity contribution is -0.116. The number of para-hydroxylation sites is 2. The zero-order valence-electron chi connectivity index (χ0n) is 18.7. The number of hydrogen-bond donors (Lipinski definition) is 1. The van der Waals surface area contributed by atoms with Crippen molar-refractivity contribution in [1.82, 2.24) is 4.90 Å². The van der Waals surface area contributed by atoms with Crippen molar-refractivity contribution in [2.75, 3.05) is 31.6 Å². The molecule has 0 bridgehead atoms. The molecule has 2 aliphatic rings. The Balaban J connectivity index is 1.23. The number of carbonyl (C=O) groups is 1. The van der Waals surface area contributed by atoms with E-state index in [4.69, 9.17) is 9.47 Å². The monoisotopic (exact) mass is 453 g/mol. The molecule has 0 unspecified atom stereocenters. The maximum absolute atomic E-state index is 12.6. The summed E-state index contributed by atoms with van der Waals surface area (Å²) in [5.74, 6) is 1.59. The minimum Gasteiger partial charge on any atom is -0.490 e. The van der Waals surface area contributed by atoms with Gasteiger partial charge in [-0.05, 0) is 63.1 Å². The van der Waals surface area contributed by atoms with Crippen LogP contribution in [0.3, 0.4) is 0 Å². The van der Waals surface area contributed by atoms with Gasteiger partial charge >= 0.3 is 0 Å². The second-order valence-corrected chi connectivity index (χ2v) is 9.47. The van der Waals surface area contributed by atoms with Gasteiger partial charge in [-0.15, -0.1) is 11.3 Å². The number of thiophene rings is 1. The molecule has 1 saturated heterocycles. The molecule has 1 N–H and O–H groups in total. The first-order chi connectivity index (χ1) is 15.7. The van der Waals surface area contributed by atoms with E-state index in [-0.39, 0.29) is 12.0 Å². The summed E-state index contributed by atoms with van der Waals surface area (Å²) in [6.07, 6.45) is 6.73. The third kappa shape index (κ3) is 5.43. The maximum Gasteiger partial charge on any atom is 0.226 e. The van der Waals surface area contributed by atoms with Crippen LogP contribution in [0.5, 0.6) is 11.5 Å². The number of ether oxygens (including phenoxy) is 2. The Morgan fingerprint density at radius 1 is 1.22 bits per heavy atom. The van der Waals surface area contributed by atoms with Gasteiger partial charge in [-0.25, -0.2) is 0 Å². The molecule has 1 aromatic carbocycles. The standard InChI is InChI=1S/C25H31N3O3S/c1-2-30-21-8-4-5-9-22(21)31-18-11-14-28(15-12-18)16-13-24(29)27-25-20(17-26)19-7-3-6-10-23(19)32-25/h4-5,8-9,18H,2-3,6-7,10-16H2,1H3,(H,27,29). The number of nitrogens with zero attached hydrogens (tertiary/aromatic N) is 2. The molecule has 1 aliphatic carbocycles. The van der Waals surface area contributed by atoms with Crippen molar-refractivity contribution in [2.24, 2.45) is 0 Å². The molecule has 32 heavy (non-hydrogen) atoms. The minimum absolute atomic E-state index is 0.0101. The zero-order chi connectivity index (χ0) is 22.3. The number of likely N-dealkylation sites (tertiary alicyclic amines) is 1. The molecule has 7 heteroatoms. The Labute approximate surface area is 194 Å². The Morgan fingerprint density at radius 2 is 1.97 bits per heavy atom. The minimum atomic E-state index is -0.0101. The number of piperidine rings is 1. The number of amides is 1. The Bertz CT molecular complexity index is 973. The van der Waals surface area contributed by atoms with E-state index in [1.807, 2.05) is 31.2 Å². The van der Waals surface area contributed by atoms with Crippen LogP contribution >= 0.6 is 11.3 Å². The number of benzene rings is 1. The molecule has 1 fully saturated rings. The van der Waals surface area contributed by atoms with Gasteiger partial charge in [0.15, 0.2) is 11.5 Å².